The normalized spacial score (nSPS) is 13.6. The Hall–Kier alpha value is -4.20. The third-order valence-electron chi connectivity index (χ3n) is 6.37. The zero-order valence-electron chi connectivity index (χ0n) is 21.2. The molecule has 1 aliphatic carbocycles. The first-order valence-electron chi connectivity index (χ1n) is 12.0. The topological polar surface area (TPSA) is 101 Å². The van der Waals surface area contributed by atoms with Crippen LogP contribution in [-0.4, -0.2) is 42.7 Å². The lowest BCUT2D eigenvalue weighted by atomic mass is 9.92. The molecular weight excluding hydrogens is 474 g/mol. The van der Waals surface area contributed by atoms with Crippen molar-refractivity contribution in [1.29, 1.82) is 0 Å². The summed E-state index contributed by atoms with van der Waals surface area (Å²) in [5.74, 6) is -1.96. The van der Waals surface area contributed by atoms with E-state index in [9.17, 15) is 14.4 Å². The van der Waals surface area contributed by atoms with E-state index in [1.165, 1.54) is 26.3 Å². The first kappa shape index (κ1) is 25.9. The number of carbonyl (C=O) groups excluding carboxylic acids is 3. The van der Waals surface area contributed by atoms with Crippen LogP contribution in [0.25, 0.3) is 11.1 Å². The van der Waals surface area contributed by atoms with Gasteiger partial charge in [-0.05, 0) is 29.2 Å². The number of ketones is 1. The van der Waals surface area contributed by atoms with Crippen LogP contribution in [0.3, 0.4) is 0 Å². The summed E-state index contributed by atoms with van der Waals surface area (Å²) in [6, 6.07) is 17.8. The second-order valence-corrected chi connectivity index (χ2v) is 8.91. The maximum absolute atomic E-state index is 13.1. The number of fused-ring (bicyclic) bond motifs is 3. The van der Waals surface area contributed by atoms with Crippen molar-refractivity contribution in [3.05, 3.63) is 77.6 Å². The minimum absolute atomic E-state index is 0.0159. The van der Waals surface area contributed by atoms with Crippen LogP contribution in [0.2, 0.25) is 0 Å². The van der Waals surface area contributed by atoms with Gasteiger partial charge in [0.1, 0.15) is 6.10 Å². The van der Waals surface area contributed by atoms with Gasteiger partial charge in [-0.2, -0.15) is 0 Å². The van der Waals surface area contributed by atoms with Crippen molar-refractivity contribution in [1.82, 2.24) is 4.98 Å². The Balaban J connectivity index is 1.46. The van der Waals surface area contributed by atoms with Crippen molar-refractivity contribution in [3.8, 4) is 22.6 Å². The maximum Gasteiger partial charge on any atom is 0.309 e. The van der Waals surface area contributed by atoms with Crippen molar-refractivity contribution in [2.24, 2.45) is 5.92 Å². The highest BCUT2D eigenvalue weighted by Gasteiger charge is 2.35. The minimum Gasteiger partial charge on any atom is -0.493 e. The molecule has 2 aromatic carbocycles. The van der Waals surface area contributed by atoms with Crippen LogP contribution in [0, 0.1) is 5.92 Å². The molecule has 3 aromatic rings. The summed E-state index contributed by atoms with van der Waals surface area (Å²) in [4.78, 5) is 41.4. The van der Waals surface area contributed by atoms with Gasteiger partial charge in [-0.3, -0.25) is 14.4 Å². The first-order valence-corrected chi connectivity index (χ1v) is 12.0. The summed E-state index contributed by atoms with van der Waals surface area (Å²) < 4.78 is 21.4. The van der Waals surface area contributed by atoms with Crippen molar-refractivity contribution >= 4 is 17.7 Å². The smallest absolute Gasteiger partial charge is 0.309 e. The van der Waals surface area contributed by atoms with E-state index >= 15 is 0 Å². The van der Waals surface area contributed by atoms with E-state index in [1.54, 1.807) is 6.92 Å². The number of benzene rings is 2. The molecule has 8 heteroatoms. The lowest BCUT2D eigenvalue weighted by Gasteiger charge is -2.24. The van der Waals surface area contributed by atoms with Crippen molar-refractivity contribution in [2.75, 3.05) is 13.9 Å². The molecule has 1 heterocycles. The van der Waals surface area contributed by atoms with Crippen LogP contribution in [0.5, 0.6) is 11.5 Å². The quantitative estimate of drug-likeness (QED) is 0.218. The third kappa shape index (κ3) is 5.48. The highest BCUT2D eigenvalue weighted by molar-refractivity contribution is 5.99. The largest absolute Gasteiger partial charge is 0.493 e. The molecule has 37 heavy (non-hydrogen) atoms. The SMILES string of the molecule is COc1ccnc(C(=O)C[C@@H](C)C(=O)OC(C)C2c3ccccc3-c3ccccc32)c1OCOC(C)=O. The second-order valence-electron chi connectivity index (χ2n) is 8.91. The van der Waals surface area contributed by atoms with Gasteiger partial charge in [0.15, 0.2) is 23.0 Å². The van der Waals surface area contributed by atoms with Gasteiger partial charge in [0, 0.05) is 31.5 Å². The number of nitrogens with zero attached hydrogens (tertiary/aromatic N) is 1. The van der Waals surface area contributed by atoms with Crippen molar-refractivity contribution in [2.45, 2.75) is 39.2 Å². The molecule has 0 radical (unpaired) electrons. The highest BCUT2D eigenvalue weighted by Crippen LogP contribution is 2.46. The summed E-state index contributed by atoms with van der Waals surface area (Å²) in [5.41, 5.74) is 4.49. The fourth-order valence-corrected chi connectivity index (χ4v) is 4.63. The summed E-state index contributed by atoms with van der Waals surface area (Å²) in [6.07, 6.45) is 0.825. The molecule has 0 amide bonds. The number of Topliss-reactive ketones (excluding diaryl/α,β-unsaturated/α-hetero) is 1. The summed E-state index contributed by atoms with van der Waals surface area (Å²) in [7, 11) is 1.42. The number of hydrogen-bond donors (Lipinski definition) is 0. The first-order chi connectivity index (χ1) is 17.8. The van der Waals surface area contributed by atoms with Gasteiger partial charge in [-0.25, -0.2) is 4.98 Å². The Morgan fingerprint density at radius 1 is 0.946 bits per heavy atom. The zero-order chi connectivity index (χ0) is 26.5. The molecule has 2 atom stereocenters. The Morgan fingerprint density at radius 3 is 2.16 bits per heavy atom. The lowest BCUT2D eigenvalue weighted by Crippen LogP contribution is -2.27. The summed E-state index contributed by atoms with van der Waals surface area (Å²) >= 11 is 0. The number of methoxy groups -OCH3 is 1. The molecule has 1 aromatic heterocycles. The molecule has 192 valence electrons. The molecule has 0 bridgehead atoms. The number of carbonyl (C=O) groups is 3. The molecule has 0 aliphatic heterocycles. The summed E-state index contributed by atoms with van der Waals surface area (Å²) in [6.45, 7) is 4.35. The van der Waals surface area contributed by atoms with Gasteiger partial charge in [0.05, 0.1) is 13.0 Å². The third-order valence-corrected chi connectivity index (χ3v) is 6.37. The van der Waals surface area contributed by atoms with E-state index in [0.29, 0.717) is 0 Å². The predicted molar refractivity (Wildman–Crippen MR) is 135 cm³/mol. The zero-order valence-corrected chi connectivity index (χ0v) is 21.2. The molecule has 4 rings (SSSR count). The van der Waals surface area contributed by atoms with Crippen LogP contribution in [0.4, 0.5) is 0 Å². The Kier molecular flexibility index (Phi) is 7.86. The molecule has 0 fully saturated rings. The van der Waals surface area contributed by atoms with E-state index in [-0.39, 0.29) is 29.5 Å². The molecule has 0 saturated heterocycles. The van der Waals surface area contributed by atoms with Gasteiger partial charge in [-0.15, -0.1) is 0 Å². The molecule has 1 aliphatic rings. The Morgan fingerprint density at radius 2 is 1.57 bits per heavy atom. The van der Waals surface area contributed by atoms with E-state index < -0.39 is 36.5 Å². The van der Waals surface area contributed by atoms with Crippen LogP contribution in [0.15, 0.2) is 60.8 Å². The van der Waals surface area contributed by atoms with E-state index in [4.69, 9.17) is 18.9 Å². The van der Waals surface area contributed by atoms with Gasteiger partial charge in [0.2, 0.25) is 6.79 Å². The number of rotatable bonds is 10. The van der Waals surface area contributed by atoms with Gasteiger partial charge in [0.25, 0.3) is 0 Å². The van der Waals surface area contributed by atoms with Crippen molar-refractivity contribution < 1.29 is 33.3 Å². The minimum atomic E-state index is -0.726. The highest BCUT2D eigenvalue weighted by atomic mass is 16.7. The van der Waals surface area contributed by atoms with Crippen LogP contribution >= 0.6 is 0 Å². The molecule has 0 saturated carbocycles. The Labute approximate surface area is 215 Å². The standard InChI is InChI=1S/C29H29NO7/c1-17(15-24(32)27-28(36-16-35-19(3)31)25(34-4)13-14-30-27)29(33)37-18(2)26-22-11-7-5-9-20(22)21-10-6-8-12-23(21)26/h5-14,17-18,26H,15-16H2,1-4H3/t17-,18?/m1/s1. The predicted octanol–water partition coefficient (Wildman–Crippen LogP) is 4.94. The lowest BCUT2D eigenvalue weighted by molar-refractivity contribution is -0.153. The number of ether oxygens (including phenoxy) is 4. The summed E-state index contributed by atoms with van der Waals surface area (Å²) in [5, 5.41) is 0. The molecule has 8 nitrogen and oxygen atoms in total. The average Bonchev–Trinajstić information content (AvgIpc) is 3.23. The molecule has 0 N–H and O–H groups in total. The van der Waals surface area contributed by atoms with Crippen molar-refractivity contribution in [3.63, 3.8) is 0 Å². The fraction of sp³-hybridized carbons (Fsp3) is 0.310. The van der Waals surface area contributed by atoms with Crippen LogP contribution < -0.4 is 9.47 Å². The number of esters is 2. The number of hydrogen-bond acceptors (Lipinski definition) is 8. The molecule has 0 spiro atoms. The van der Waals surface area contributed by atoms with Crippen LogP contribution in [-0.2, 0) is 19.1 Å². The van der Waals surface area contributed by atoms with E-state index in [0.717, 1.165) is 22.3 Å². The molecule has 1 unspecified atom stereocenters. The van der Waals surface area contributed by atoms with Gasteiger partial charge in [-0.1, -0.05) is 55.5 Å². The van der Waals surface area contributed by atoms with E-state index in [2.05, 4.69) is 29.2 Å². The fourth-order valence-electron chi connectivity index (χ4n) is 4.63. The molecular formula is C29H29NO7. The van der Waals surface area contributed by atoms with E-state index in [1.807, 2.05) is 31.2 Å². The number of pyridine rings is 1. The number of aromatic nitrogens is 1. The monoisotopic (exact) mass is 503 g/mol. The van der Waals surface area contributed by atoms with Crippen LogP contribution in [0.1, 0.15) is 54.7 Å². The average molecular weight is 504 g/mol. The maximum atomic E-state index is 13.1. The van der Waals surface area contributed by atoms with Gasteiger partial charge >= 0.3 is 11.9 Å². The second kappa shape index (κ2) is 11.2. The Bertz CT molecular complexity index is 1270. The van der Waals surface area contributed by atoms with Gasteiger partial charge < -0.3 is 18.9 Å².